The van der Waals surface area contributed by atoms with Crippen LogP contribution >= 0.6 is 23.2 Å². The molecular formula is C17H20Cl2N2O4. The van der Waals surface area contributed by atoms with E-state index in [1.165, 1.54) is 12.1 Å². The first-order valence-corrected chi connectivity index (χ1v) is 8.82. The Morgan fingerprint density at radius 3 is 2.72 bits per heavy atom. The van der Waals surface area contributed by atoms with Crippen molar-refractivity contribution < 1.29 is 19.5 Å². The van der Waals surface area contributed by atoms with Gasteiger partial charge in [0.25, 0.3) is 5.91 Å². The molecule has 1 aliphatic heterocycles. The van der Waals surface area contributed by atoms with Crippen LogP contribution in [-0.4, -0.2) is 53.8 Å². The minimum absolute atomic E-state index is 0.277. The number of aliphatic carboxylic acids is 1. The van der Waals surface area contributed by atoms with Gasteiger partial charge in [0.1, 0.15) is 6.29 Å². The van der Waals surface area contributed by atoms with Gasteiger partial charge in [0.15, 0.2) is 0 Å². The predicted molar refractivity (Wildman–Crippen MR) is 95.2 cm³/mol. The van der Waals surface area contributed by atoms with Crippen LogP contribution in [0, 0.1) is 5.92 Å². The normalized spacial score (nSPS) is 18.7. The number of aldehydes is 1. The first-order chi connectivity index (χ1) is 11.9. The van der Waals surface area contributed by atoms with Crippen LogP contribution in [0.1, 0.15) is 29.6 Å². The summed E-state index contributed by atoms with van der Waals surface area (Å²) in [5, 5.41) is 12.3. The van der Waals surface area contributed by atoms with Gasteiger partial charge in [-0.15, -0.1) is 0 Å². The molecule has 1 fully saturated rings. The van der Waals surface area contributed by atoms with Crippen molar-refractivity contribution in [2.24, 2.45) is 5.92 Å². The van der Waals surface area contributed by atoms with Gasteiger partial charge in [0, 0.05) is 12.1 Å². The number of likely N-dealkylation sites (tertiary alicyclic amines) is 1. The Hall–Kier alpha value is -1.63. The Morgan fingerprint density at radius 1 is 1.36 bits per heavy atom. The highest BCUT2D eigenvalue weighted by Crippen LogP contribution is 2.22. The molecule has 1 aromatic carbocycles. The van der Waals surface area contributed by atoms with E-state index in [-0.39, 0.29) is 16.8 Å². The van der Waals surface area contributed by atoms with Crippen molar-refractivity contribution in [2.75, 3.05) is 19.6 Å². The maximum absolute atomic E-state index is 12.2. The van der Waals surface area contributed by atoms with Crippen molar-refractivity contribution in [1.82, 2.24) is 10.2 Å². The molecule has 2 N–H and O–H groups in total. The third-order valence-electron chi connectivity index (χ3n) is 4.27. The number of carboxylic acids is 1. The molecule has 0 aromatic heterocycles. The zero-order valence-corrected chi connectivity index (χ0v) is 15.1. The standard InChI is InChI=1S/C17H20Cl2N2O4/c18-14-4-3-11(8-15(14)19)16(23)20-13(10-22)2-1-6-21-7-5-12(9-21)17(24)25/h3-4,8,10,12-13H,1-2,5-7,9H2,(H,20,23)(H,24,25). The number of amides is 1. The highest BCUT2D eigenvalue weighted by atomic mass is 35.5. The summed E-state index contributed by atoms with van der Waals surface area (Å²) in [5.41, 5.74) is 0.338. The number of benzene rings is 1. The summed E-state index contributed by atoms with van der Waals surface area (Å²) in [4.78, 5) is 36.4. The second-order valence-electron chi connectivity index (χ2n) is 6.11. The van der Waals surface area contributed by atoms with Crippen molar-refractivity contribution in [1.29, 1.82) is 0 Å². The van der Waals surface area contributed by atoms with Crippen molar-refractivity contribution in [3.8, 4) is 0 Å². The molecule has 0 aliphatic carbocycles. The van der Waals surface area contributed by atoms with Crippen LogP contribution in [0.5, 0.6) is 0 Å². The van der Waals surface area contributed by atoms with E-state index in [4.69, 9.17) is 28.3 Å². The van der Waals surface area contributed by atoms with Crippen LogP contribution in [-0.2, 0) is 9.59 Å². The molecule has 2 rings (SSSR count). The van der Waals surface area contributed by atoms with Gasteiger partial charge in [-0.2, -0.15) is 0 Å². The number of rotatable bonds is 8. The average Bonchev–Trinajstić information content (AvgIpc) is 3.05. The van der Waals surface area contributed by atoms with Crippen molar-refractivity contribution in [2.45, 2.75) is 25.3 Å². The van der Waals surface area contributed by atoms with E-state index in [0.29, 0.717) is 49.2 Å². The Kier molecular flexibility index (Phi) is 7.23. The van der Waals surface area contributed by atoms with Crippen molar-refractivity contribution in [3.05, 3.63) is 33.8 Å². The Labute approximate surface area is 156 Å². The van der Waals surface area contributed by atoms with E-state index in [9.17, 15) is 14.4 Å². The number of carbonyl (C=O) groups is 3. The van der Waals surface area contributed by atoms with Gasteiger partial charge in [0.2, 0.25) is 0 Å². The lowest BCUT2D eigenvalue weighted by Gasteiger charge is -2.17. The number of nitrogens with one attached hydrogen (secondary N) is 1. The van der Waals surface area contributed by atoms with Crippen LogP contribution in [0.2, 0.25) is 10.0 Å². The summed E-state index contributed by atoms with van der Waals surface area (Å²) in [5.74, 6) is -1.46. The van der Waals surface area contributed by atoms with E-state index in [1.807, 2.05) is 0 Å². The smallest absolute Gasteiger partial charge is 0.307 e. The lowest BCUT2D eigenvalue weighted by Crippen LogP contribution is -2.36. The zero-order valence-electron chi connectivity index (χ0n) is 13.6. The summed E-state index contributed by atoms with van der Waals surface area (Å²) < 4.78 is 0. The average molecular weight is 387 g/mol. The largest absolute Gasteiger partial charge is 0.481 e. The van der Waals surface area contributed by atoms with E-state index >= 15 is 0 Å². The van der Waals surface area contributed by atoms with Gasteiger partial charge >= 0.3 is 5.97 Å². The van der Waals surface area contributed by atoms with E-state index in [2.05, 4.69) is 10.2 Å². The van der Waals surface area contributed by atoms with E-state index < -0.39 is 12.0 Å². The fourth-order valence-corrected chi connectivity index (χ4v) is 3.13. The Morgan fingerprint density at radius 2 is 2.12 bits per heavy atom. The van der Waals surface area contributed by atoms with Gasteiger partial charge in [-0.25, -0.2) is 0 Å². The summed E-state index contributed by atoms with van der Waals surface area (Å²) in [6, 6.07) is 3.93. The number of halogens is 2. The maximum atomic E-state index is 12.2. The minimum Gasteiger partial charge on any atom is -0.481 e. The molecule has 2 atom stereocenters. The van der Waals surface area contributed by atoms with Gasteiger partial charge in [-0.1, -0.05) is 23.2 Å². The molecule has 1 amide bonds. The molecule has 8 heteroatoms. The Bertz CT molecular complexity index is 654. The van der Waals surface area contributed by atoms with E-state index in [1.54, 1.807) is 6.07 Å². The topological polar surface area (TPSA) is 86.7 Å². The molecule has 1 aromatic rings. The summed E-state index contributed by atoms with van der Waals surface area (Å²) >= 11 is 11.7. The fourth-order valence-electron chi connectivity index (χ4n) is 2.84. The molecule has 136 valence electrons. The second kappa shape index (κ2) is 9.17. The predicted octanol–water partition coefficient (Wildman–Crippen LogP) is 2.48. The van der Waals surface area contributed by atoms with Crippen LogP contribution in [0.3, 0.4) is 0 Å². The summed E-state index contributed by atoms with van der Waals surface area (Å²) in [6.45, 7) is 1.99. The summed E-state index contributed by atoms with van der Waals surface area (Å²) in [6.07, 6.45) is 2.54. The molecule has 1 aliphatic rings. The second-order valence-corrected chi connectivity index (χ2v) is 6.93. The van der Waals surface area contributed by atoms with Crippen molar-refractivity contribution in [3.63, 3.8) is 0 Å². The lowest BCUT2D eigenvalue weighted by atomic mass is 10.1. The molecule has 25 heavy (non-hydrogen) atoms. The number of hydrogen-bond acceptors (Lipinski definition) is 4. The fraction of sp³-hybridized carbons (Fsp3) is 0.471. The monoisotopic (exact) mass is 386 g/mol. The van der Waals surface area contributed by atoms with Gasteiger partial charge in [-0.05, 0) is 50.6 Å². The quantitative estimate of drug-likeness (QED) is 0.670. The van der Waals surface area contributed by atoms with Gasteiger partial charge in [-0.3, -0.25) is 9.59 Å². The van der Waals surface area contributed by atoms with Crippen LogP contribution in [0.4, 0.5) is 0 Å². The molecule has 1 heterocycles. The maximum Gasteiger partial charge on any atom is 0.307 e. The highest BCUT2D eigenvalue weighted by Gasteiger charge is 2.27. The van der Waals surface area contributed by atoms with E-state index in [0.717, 1.165) is 6.54 Å². The van der Waals surface area contributed by atoms with Gasteiger partial charge in [0.05, 0.1) is 22.0 Å². The summed E-state index contributed by atoms with van der Waals surface area (Å²) in [7, 11) is 0. The number of nitrogens with zero attached hydrogens (tertiary/aromatic N) is 1. The Balaban J connectivity index is 1.78. The van der Waals surface area contributed by atoms with Crippen LogP contribution < -0.4 is 5.32 Å². The van der Waals surface area contributed by atoms with Crippen LogP contribution in [0.25, 0.3) is 0 Å². The number of carbonyl (C=O) groups excluding carboxylic acids is 2. The molecule has 0 spiro atoms. The molecule has 1 saturated heterocycles. The molecular weight excluding hydrogens is 367 g/mol. The minimum atomic E-state index is -0.762. The molecule has 0 bridgehead atoms. The highest BCUT2D eigenvalue weighted by molar-refractivity contribution is 6.42. The van der Waals surface area contributed by atoms with Gasteiger partial charge < -0.3 is 20.1 Å². The number of hydrogen-bond donors (Lipinski definition) is 2. The van der Waals surface area contributed by atoms with Crippen LogP contribution in [0.15, 0.2) is 18.2 Å². The SMILES string of the molecule is O=CC(CCCN1CCC(C(=O)O)C1)NC(=O)c1ccc(Cl)c(Cl)c1. The molecule has 0 saturated carbocycles. The first-order valence-electron chi connectivity index (χ1n) is 8.07. The van der Waals surface area contributed by atoms with Crippen molar-refractivity contribution >= 4 is 41.4 Å². The zero-order chi connectivity index (χ0) is 18.4. The molecule has 0 radical (unpaired) electrons. The molecule has 6 nitrogen and oxygen atoms in total. The number of carboxylic acid groups (broad SMARTS) is 1. The first kappa shape index (κ1) is 19.7. The lowest BCUT2D eigenvalue weighted by molar-refractivity contribution is -0.141. The third kappa shape index (κ3) is 5.70. The third-order valence-corrected chi connectivity index (χ3v) is 5.01. The molecule has 2 unspecified atom stereocenters.